The van der Waals surface area contributed by atoms with E-state index in [-0.39, 0.29) is 31.3 Å². The van der Waals surface area contributed by atoms with E-state index in [1.165, 1.54) is 27.7 Å². The molecule has 208 valence electrons. The van der Waals surface area contributed by atoms with E-state index in [0.29, 0.717) is 27.6 Å². The van der Waals surface area contributed by atoms with Gasteiger partial charge in [0.05, 0.1) is 23.8 Å². The fraction of sp³-hybridized carbons (Fsp3) is 0.172. The zero-order valence-electron chi connectivity index (χ0n) is 22.0. The number of piperazine rings is 1. The van der Waals surface area contributed by atoms with Crippen molar-refractivity contribution in [1.82, 2.24) is 25.2 Å². The Morgan fingerprint density at radius 1 is 0.951 bits per heavy atom. The Morgan fingerprint density at radius 3 is 2.39 bits per heavy atom. The molecule has 1 aromatic heterocycles. The minimum atomic E-state index is -0.969. The first-order chi connectivity index (χ1) is 19.8. The molecule has 1 aliphatic rings. The zero-order chi connectivity index (χ0) is 28.9. The summed E-state index contributed by atoms with van der Waals surface area (Å²) in [5, 5.41) is 13.6. The van der Waals surface area contributed by atoms with Crippen molar-refractivity contribution in [1.29, 1.82) is 0 Å². The molecular weight excluding hydrogens is 546 g/mol. The highest BCUT2D eigenvalue weighted by molar-refractivity contribution is 6.31. The molecule has 2 N–H and O–H groups in total. The molecule has 0 saturated carbocycles. The van der Waals surface area contributed by atoms with Crippen LogP contribution in [0.25, 0.3) is 5.69 Å². The minimum Gasteiger partial charge on any atom is -0.355 e. The second-order valence-electron chi connectivity index (χ2n) is 9.33. The number of benzene rings is 3. The molecule has 2 heterocycles. The summed E-state index contributed by atoms with van der Waals surface area (Å²) in [4.78, 5) is 55.2. The number of nitrogens with zero attached hydrogens (tertiary/aromatic N) is 5. The van der Waals surface area contributed by atoms with Gasteiger partial charge in [-0.15, -0.1) is 5.10 Å². The largest absolute Gasteiger partial charge is 0.355 e. The predicted molar refractivity (Wildman–Crippen MR) is 153 cm³/mol. The number of carbonyl (C=O) groups excluding carboxylic acids is 4. The van der Waals surface area contributed by atoms with Crippen LogP contribution in [-0.4, -0.2) is 69.7 Å². The number of aromatic nitrogens is 3. The van der Waals surface area contributed by atoms with Gasteiger partial charge < -0.3 is 15.5 Å². The van der Waals surface area contributed by atoms with Crippen LogP contribution in [0.5, 0.6) is 0 Å². The maximum absolute atomic E-state index is 13.6. The van der Waals surface area contributed by atoms with Crippen LogP contribution in [0.2, 0.25) is 5.02 Å². The van der Waals surface area contributed by atoms with Crippen LogP contribution >= 0.6 is 11.6 Å². The third kappa shape index (κ3) is 6.10. The highest BCUT2D eigenvalue weighted by Crippen LogP contribution is 2.30. The number of hydrogen-bond donors (Lipinski definition) is 2. The van der Waals surface area contributed by atoms with Gasteiger partial charge in [0.25, 0.3) is 5.91 Å². The van der Waals surface area contributed by atoms with E-state index in [1.807, 2.05) is 30.3 Å². The lowest BCUT2D eigenvalue weighted by molar-refractivity contribution is -0.143. The maximum Gasteiger partial charge on any atom is 0.251 e. The highest BCUT2D eigenvalue weighted by Gasteiger charge is 2.39. The predicted octanol–water partition coefficient (Wildman–Crippen LogP) is 2.71. The molecule has 1 unspecified atom stereocenters. The SMILES string of the molecule is CNC(=O)c1ccc(NC(=O)C(Cc2ccccc2)N2CC(=O)N(c3cc(Cl)ccc3-n3ccnn3)CC2=O)cc1. The summed E-state index contributed by atoms with van der Waals surface area (Å²) in [6, 6.07) is 19.6. The summed E-state index contributed by atoms with van der Waals surface area (Å²) in [7, 11) is 1.53. The molecule has 0 aliphatic carbocycles. The van der Waals surface area contributed by atoms with E-state index in [4.69, 9.17) is 11.6 Å². The first-order valence-electron chi connectivity index (χ1n) is 12.8. The monoisotopic (exact) mass is 571 g/mol. The van der Waals surface area contributed by atoms with E-state index in [2.05, 4.69) is 20.9 Å². The number of rotatable bonds is 8. The second-order valence-corrected chi connectivity index (χ2v) is 9.77. The number of amides is 4. The molecule has 5 rings (SSSR count). The van der Waals surface area contributed by atoms with Crippen molar-refractivity contribution in [3.63, 3.8) is 0 Å². The van der Waals surface area contributed by atoms with Gasteiger partial charge in [-0.3, -0.25) is 24.1 Å². The van der Waals surface area contributed by atoms with Crippen LogP contribution in [0.3, 0.4) is 0 Å². The smallest absolute Gasteiger partial charge is 0.251 e. The number of hydrogen-bond acceptors (Lipinski definition) is 6. The lowest BCUT2D eigenvalue weighted by atomic mass is 10.0. The van der Waals surface area contributed by atoms with E-state index >= 15 is 0 Å². The molecule has 41 heavy (non-hydrogen) atoms. The van der Waals surface area contributed by atoms with Crippen molar-refractivity contribution >= 4 is 46.6 Å². The number of carbonyl (C=O) groups is 4. The summed E-state index contributed by atoms with van der Waals surface area (Å²) >= 11 is 6.25. The molecule has 0 spiro atoms. The summed E-state index contributed by atoms with van der Waals surface area (Å²) in [6.07, 6.45) is 3.32. The van der Waals surface area contributed by atoms with E-state index in [9.17, 15) is 19.2 Å². The molecule has 1 aliphatic heterocycles. The van der Waals surface area contributed by atoms with Gasteiger partial charge in [-0.25, -0.2) is 4.68 Å². The van der Waals surface area contributed by atoms with Crippen LogP contribution in [0, 0.1) is 0 Å². The normalized spacial score (nSPS) is 14.1. The number of nitrogens with one attached hydrogen (secondary N) is 2. The summed E-state index contributed by atoms with van der Waals surface area (Å²) in [6.45, 7) is -0.608. The highest BCUT2D eigenvalue weighted by atomic mass is 35.5. The first kappa shape index (κ1) is 27.5. The summed E-state index contributed by atoms with van der Waals surface area (Å²) in [5.74, 6) is -1.49. The Balaban J connectivity index is 1.41. The van der Waals surface area contributed by atoms with Crippen LogP contribution in [0.15, 0.2) is 85.2 Å². The molecule has 1 saturated heterocycles. The molecule has 0 bridgehead atoms. The van der Waals surface area contributed by atoms with Gasteiger partial charge in [-0.05, 0) is 48.0 Å². The van der Waals surface area contributed by atoms with Gasteiger partial charge in [0.15, 0.2) is 0 Å². The standard InChI is InChI=1S/C29H26ClN7O4/c1-31-28(40)20-7-10-22(11-8-20)33-29(41)25(15-19-5-3-2-4-6-19)36-18-26(38)35(17-27(36)39)24-16-21(30)9-12-23(24)37-14-13-32-34-37/h2-14,16,25H,15,17-18H2,1H3,(H,31,40)(H,33,41). The molecular formula is C29H26ClN7O4. The molecule has 1 fully saturated rings. The topological polar surface area (TPSA) is 130 Å². The van der Waals surface area contributed by atoms with Gasteiger partial charge in [-0.2, -0.15) is 0 Å². The van der Waals surface area contributed by atoms with E-state index in [1.54, 1.807) is 48.7 Å². The van der Waals surface area contributed by atoms with Crippen LogP contribution in [0.1, 0.15) is 15.9 Å². The third-order valence-corrected chi connectivity index (χ3v) is 6.95. The molecule has 1 atom stereocenters. The van der Waals surface area contributed by atoms with Crippen molar-refractivity contribution in [3.05, 3.63) is 101 Å². The van der Waals surface area contributed by atoms with Crippen LogP contribution < -0.4 is 15.5 Å². The Morgan fingerprint density at radius 2 is 1.71 bits per heavy atom. The molecule has 12 heteroatoms. The quantitative estimate of drug-likeness (QED) is 0.334. The van der Waals surface area contributed by atoms with Crippen molar-refractivity contribution in [2.75, 3.05) is 30.4 Å². The van der Waals surface area contributed by atoms with Crippen molar-refractivity contribution in [2.45, 2.75) is 12.5 Å². The van der Waals surface area contributed by atoms with Crippen molar-refractivity contribution < 1.29 is 19.2 Å². The Kier molecular flexibility index (Phi) is 8.06. The van der Waals surface area contributed by atoms with Gasteiger partial charge >= 0.3 is 0 Å². The van der Waals surface area contributed by atoms with Gasteiger partial charge in [-0.1, -0.05) is 47.1 Å². The average molecular weight is 572 g/mol. The van der Waals surface area contributed by atoms with E-state index in [0.717, 1.165) is 5.56 Å². The van der Waals surface area contributed by atoms with E-state index < -0.39 is 17.9 Å². The van der Waals surface area contributed by atoms with Crippen molar-refractivity contribution in [2.24, 2.45) is 0 Å². The zero-order valence-corrected chi connectivity index (χ0v) is 22.8. The lowest BCUT2D eigenvalue weighted by Crippen LogP contribution is -2.60. The van der Waals surface area contributed by atoms with Crippen LogP contribution in [0.4, 0.5) is 11.4 Å². The van der Waals surface area contributed by atoms with Crippen molar-refractivity contribution in [3.8, 4) is 5.69 Å². The maximum atomic E-state index is 13.6. The van der Waals surface area contributed by atoms with Gasteiger partial charge in [0, 0.05) is 29.7 Å². The average Bonchev–Trinajstić information content (AvgIpc) is 3.52. The Bertz CT molecular complexity index is 1580. The van der Waals surface area contributed by atoms with Gasteiger partial charge in [0.2, 0.25) is 17.7 Å². The molecule has 3 aromatic carbocycles. The summed E-state index contributed by atoms with van der Waals surface area (Å²) in [5.41, 5.74) is 2.65. The molecule has 4 aromatic rings. The molecule has 11 nitrogen and oxygen atoms in total. The number of halogens is 1. The fourth-order valence-corrected chi connectivity index (χ4v) is 4.80. The summed E-state index contributed by atoms with van der Waals surface area (Å²) < 4.78 is 1.48. The van der Waals surface area contributed by atoms with Gasteiger partial charge in [0.1, 0.15) is 19.1 Å². The van der Waals surface area contributed by atoms with Crippen LogP contribution in [-0.2, 0) is 20.8 Å². The molecule has 4 amide bonds. The third-order valence-electron chi connectivity index (χ3n) is 6.71. The fourth-order valence-electron chi connectivity index (χ4n) is 4.64. The Hall–Kier alpha value is -5.03. The lowest BCUT2D eigenvalue weighted by Gasteiger charge is -2.38. The number of anilines is 2. The first-order valence-corrected chi connectivity index (χ1v) is 13.1. The second kappa shape index (κ2) is 12.0. The minimum absolute atomic E-state index is 0.198. The Labute approximate surface area is 240 Å². The molecule has 0 radical (unpaired) electrons.